The Kier molecular flexibility index (Phi) is 10.4. The molecule has 2 aliphatic rings. The molecule has 0 N–H and O–H groups in total. The highest BCUT2D eigenvalue weighted by atomic mass is 35.5. The second-order valence-corrected chi connectivity index (χ2v) is 7.06. The largest absolute Gasteiger partial charge is 0.485 e. The van der Waals surface area contributed by atoms with Gasteiger partial charge in [-0.05, 0) is 50.0 Å². The van der Waals surface area contributed by atoms with Crippen LogP contribution in [0, 0.1) is 0 Å². The standard InChI is InChI=1S/C21H27N3O.3ClH/c1-2-18-15-24(21-20(25-18)11-8-12-22-21)19(16-23-13-6-7-14-23)17-9-4-3-5-10-17;;;/h3-5,8-12,18-19H,2,6-7,13-16H2,1H3;3*1H. The van der Waals surface area contributed by atoms with Gasteiger partial charge in [-0.1, -0.05) is 37.3 Å². The third kappa shape index (κ3) is 5.44. The maximum atomic E-state index is 6.15. The van der Waals surface area contributed by atoms with Crippen molar-refractivity contribution < 1.29 is 4.74 Å². The lowest BCUT2D eigenvalue weighted by atomic mass is 10.0. The SMILES string of the molecule is CCC1CN(C(CN2CCCC2)c2ccccc2)c2ncccc2O1.Cl.Cl.Cl. The van der Waals surface area contributed by atoms with Crippen LogP contribution in [0.1, 0.15) is 37.8 Å². The van der Waals surface area contributed by atoms with Crippen LogP contribution in [0.2, 0.25) is 0 Å². The summed E-state index contributed by atoms with van der Waals surface area (Å²) in [5.41, 5.74) is 1.36. The van der Waals surface area contributed by atoms with Crippen molar-refractivity contribution in [2.45, 2.75) is 38.3 Å². The van der Waals surface area contributed by atoms with Crippen LogP contribution in [0.15, 0.2) is 48.7 Å². The van der Waals surface area contributed by atoms with Gasteiger partial charge in [0.25, 0.3) is 0 Å². The fourth-order valence-corrected chi connectivity index (χ4v) is 3.97. The van der Waals surface area contributed by atoms with Crippen LogP contribution in [0.3, 0.4) is 0 Å². The lowest BCUT2D eigenvalue weighted by molar-refractivity contribution is 0.178. The topological polar surface area (TPSA) is 28.6 Å². The van der Waals surface area contributed by atoms with Crippen molar-refractivity contribution in [2.75, 3.05) is 31.1 Å². The highest BCUT2D eigenvalue weighted by molar-refractivity contribution is 5.86. The van der Waals surface area contributed by atoms with Gasteiger partial charge in [0.05, 0.1) is 12.6 Å². The minimum Gasteiger partial charge on any atom is -0.485 e. The molecule has 0 amide bonds. The molecule has 0 aliphatic carbocycles. The van der Waals surface area contributed by atoms with E-state index in [4.69, 9.17) is 4.74 Å². The van der Waals surface area contributed by atoms with E-state index in [2.05, 4.69) is 58.1 Å². The van der Waals surface area contributed by atoms with Crippen molar-refractivity contribution in [1.82, 2.24) is 9.88 Å². The summed E-state index contributed by atoms with van der Waals surface area (Å²) in [6.07, 6.45) is 5.74. The van der Waals surface area contributed by atoms with E-state index < -0.39 is 0 Å². The zero-order valence-electron chi connectivity index (χ0n) is 16.2. The molecule has 4 nitrogen and oxygen atoms in total. The summed E-state index contributed by atoms with van der Waals surface area (Å²) < 4.78 is 6.15. The first-order valence-corrected chi connectivity index (χ1v) is 9.50. The molecule has 2 unspecified atom stereocenters. The van der Waals surface area contributed by atoms with Gasteiger partial charge in [0, 0.05) is 12.7 Å². The lowest BCUT2D eigenvalue weighted by Gasteiger charge is -2.41. The number of likely N-dealkylation sites (tertiary alicyclic amines) is 1. The maximum Gasteiger partial charge on any atom is 0.172 e. The van der Waals surface area contributed by atoms with E-state index in [1.165, 1.54) is 31.5 Å². The second kappa shape index (κ2) is 11.7. The van der Waals surface area contributed by atoms with E-state index in [1.54, 1.807) is 0 Å². The van der Waals surface area contributed by atoms with Crippen LogP contribution in [0.4, 0.5) is 5.82 Å². The van der Waals surface area contributed by atoms with Crippen molar-refractivity contribution in [3.05, 3.63) is 54.2 Å². The fourth-order valence-electron chi connectivity index (χ4n) is 3.97. The fraction of sp³-hybridized carbons (Fsp3) is 0.476. The minimum atomic E-state index is 0. The van der Waals surface area contributed by atoms with E-state index >= 15 is 0 Å². The summed E-state index contributed by atoms with van der Waals surface area (Å²) in [7, 11) is 0. The highest BCUT2D eigenvalue weighted by Crippen LogP contribution is 2.37. The van der Waals surface area contributed by atoms with Gasteiger partial charge in [-0.2, -0.15) is 0 Å². The minimum absolute atomic E-state index is 0. The molecule has 2 aromatic rings. The summed E-state index contributed by atoms with van der Waals surface area (Å²) in [5.74, 6) is 1.91. The summed E-state index contributed by atoms with van der Waals surface area (Å²) in [6, 6.07) is 15.2. The van der Waals surface area contributed by atoms with Gasteiger partial charge in [0.2, 0.25) is 0 Å². The molecule has 2 aliphatic heterocycles. The zero-order valence-corrected chi connectivity index (χ0v) is 18.6. The first kappa shape index (κ1) is 24.8. The second-order valence-electron chi connectivity index (χ2n) is 7.06. The van der Waals surface area contributed by atoms with Crippen LogP contribution in [-0.4, -0.2) is 42.2 Å². The van der Waals surface area contributed by atoms with Crippen molar-refractivity contribution in [2.24, 2.45) is 0 Å². The van der Waals surface area contributed by atoms with E-state index in [-0.39, 0.29) is 43.3 Å². The number of halogens is 3. The van der Waals surface area contributed by atoms with Gasteiger partial charge >= 0.3 is 0 Å². The molecular weight excluding hydrogens is 417 g/mol. The number of fused-ring (bicyclic) bond motifs is 1. The number of ether oxygens (including phenoxy) is 1. The Morgan fingerprint density at radius 1 is 1.04 bits per heavy atom. The van der Waals surface area contributed by atoms with Crippen LogP contribution in [-0.2, 0) is 0 Å². The molecule has 2 atom stereocenters. The van der Waals surface area contributed by atoms with Crippen LogP contribution in [0.5, 0.6) is 5.75 Å². The van der Waals surface area contributed by atoms with Crippen LogP contribution in [0.25, 0.3) is 0 Å². The summed E-state index contributed by atoms with van der Waals surface area (Å²) in [4.78, 5) is 9.74. The number of nitrogens with zero attached hydrogens (tertiary/aromatic N) is 3. The van der Waals surface area contributed by atoms with Gasteiger partial charge < -0.3 is 14.5 Å². The highest BCUT2D eigenvalue weighted by Gasteiger charge is 2.33. The Bertz CT molecular complexity index is 698. The third-order valence-electron chi connectivity index (χ3n) is 5.36. The quantitative estimate of drug-likeness (QED) is 0.634. The molecular formula is C21H30Cl3N3O. The Labute approximate surface area is 186 Å². The number of anilines is 1. The van der Waals surface area contributed by atoms with E-state index in [9.17, 15) is 0 Å². The molecule has 0 saturated carbocycles. The molecule has 156 valence electrons. The average molecular weight is 447 g/mol. The number of benzene rings is 1. The van der Waals surface area contributed by atoms with E-state index in [0.717, 1.165) is 31.1 Å². The van der Waals surface area contributed by atoms with Gasteiger partial charge in [-0.15, -0.1) is 37.2 Å². The van der Waals surface area contributed by atoms with E-state index in [0.29, 0.717) is 6.04 Å². The Hall–Kier alpha value is -1.20. The van der Waals surface area contributed by atoms with Gasteiger partial charge in [0.1, 0.15) is 6.10 Å². The Morgan fingerprint density at radius 2 is 1.75 bits per heavy atom. The molecule has 0 radical (unpaired) electrons. The molecule has 1 saturated heterocycles. The number of pyridine rings is 1. The van der Waals surface area contributed by atoms with Crippen molar-refractivity contribution in [1.29, 1.82) is 0 Å². The number of hydrogen-bond donors (Lipinski definition) is 0. The molecule has 1 aromatic carbocycles. The molecule has 0 bridgehead atoms. The number of aromatic nitrogens is 1. The summed E-state index contributed by atoms with van der Waals surface area (Å²) in [5, 5.41) is 0. The molecule has 28 heavy (non-hydrogen) atoms. The first-order valence-electron chi connectivity index (χ1n) is 9.50. The lowest BCUT2D eigenvalue weighted by Crippen LogP contribution is -2.45. The molecule has 0 spiro atoms. The predicted octanol–water partition coefficient (Wildman–Crippen LogP) is 5.16. The number of hydrogen-bond acceptors (Lipinski definition) is 4. The molecule has 7 heteroatoms. The Balaban J connectivity index is 0.00000131. The number of rotatable bonds is 5. The first-order chi connectivity index (χ1) is 12.3. The Morgan fingerprint density at radius 3 is 2.43 bits per heavy atom. The van der Waals surface area contributed by atoms with Crippen molar-refractivity contribution >= 4 is 43.0 Å². The molecule has 1 aromatic heterocycles. The van der Waals surface area contributed by atoms with Crippen LogP contribution >= 0.6 is 37.2 Å². The smallest absolute Gasteiger partial charge is 0.172 e. The van der Waals surface area contributed by atoms with Gasteiger partial charge in [0.15, 0.2) is 11.6 Å². The van der Waals surface area contributed by atoms with Gasteiger partial charge in [-0.25, -0.2) is 4.98 Å². The molecule has 1 fully saturated rings. The predicted molar refractivity (Wildman–Crippen MR) is 123 cm³/mol. The third-order valence-corrected chi connectivity index (χ3v) is 5.36. The van der Waals surface area contributed by atoms with E-state index in [1.807, 2.05) is 12.3 Å². The van der Waals surface area contributed by atoms with Crippen LogP contribution < -0.4 is 9.64 Å². The summed E-state index contributed by atoms with van der Waals surface area (Å²) >= 11 is 0. The van der Waals surface area contributed by atoms with Gasteiger partial charge in [-0.3, -0.25) is 0 Å². The zero-order chi connectivity index (χ0) is 17.1. The normalized spacial score (nSPS) is 19.3. The van der Waals surface area contributed by atoms with Crippen molar-refractivity contribution in [3.63, 3.8) is 0 Å². The average Bonchev–Trinajstić information content (AvgIpc) is 3.19. The van der Waals surface area contributed by atoms with Crippen molar-refractivity contribution in [3.8, 4) is 5.75 Å². The monoisotopic (exact) mass is 445 g/mol. The molecule has 4 rings (SSSR count). The maximum absolute atomic E-state index is 6.15. The summed E-state index contributed by atoms with van der Waals surface area (Å²) in [6.45, 7) is 6.56. The molecule has 3 heterocycles.